The minimum Gasteiger partial charge on any atom is -0.481 e. The molecule has 4 nitrogen and oxygen atoms in total. The largest absolute Gasteiger partial charge is 0.481 e. The lowest BCUT2D eigenvalue weighted by Gasteiger charge is -2.13. The van der Waals surface area contributed by atoms with Gasteiger partial charge >= 0.3 is 5.97 Å². The van der Waals surface area contributed by atoms with Crippen molar-refractivity contribution in [2.45, 2.75) is 45.4 Å². The van der Waals surface area contributed by atoms with Crippen LogP contribution in [0.3, 0.4) is 0 Å². The van der Waals surface area contributed by atoms with E-state index in [0.29, 0.717) is 22.2 Å². The number of thioether (sulfide) groups is 1. The molecule has 27 heavy (non-hydrogen) atoms. The second-order valence-corrected chi connectivity index (χ2v) is 8.09. The van der Waals surface area contributed by atoms with Gasteiger partial charge in [0.2, 0.25) is 0 Å². The Hall–Kier alpha value is -1.92. The molecule has 1 N–H and O–H groups in total. The van der Waals surface area contributed by atoms with Crippen molar-refractivity contribution in [2.24, 2.45) is 0 Å². The molecular weight excluding hydrogens is 378 g/mol. The molecular formula is C21H25NO3S2. The van der Waals surface area contributed by atoms with Crippen molar-refractivity contribution in [1.29, 1.82) is 0 Å². The number of carbonyl (C=O) groups excluding carboxylic acids is 1. The van der Waals surface area contributed by atoms with Crippen molar-refractivity contribution in [3.8, 4) is 0 Å². The third kappa shape index (κ3) is 6.96. The minimum absolute atomic E-state index is 0.0340. The van der Waals surface area contributed by atoms with E-state index in [4.69, 9.17) is 17.3 Å². The van der Waals surface area contributed by atoms with Crippen molar-refractivity contribution in [1.82, 2.24) is 4.90 Å². The summed E-state index contributed by atoms with van der Waals surface area (Å²) in [6.07, 6.45) is 8.77. The lowest BCUT2D eigenvalue weighted by molar-refractivity contribution is -0.137. The van der Waals surface area contributed by atoms with Crippen LogP contribution in [0.4, 0.5) is 0 Å². The van der Waals surface area contributed by atoms with Gasteiger partial charge in [-0.2, -0.15) is 0 Å². The average Bonchev–Trinajstić information content (AvgIpc) is 2.90. The molecule has 0 unspecified atom stereocenters. The molecule has 1 amide bonds. The predicted octanol–water partition coefficient (Wildman–Crippen LogP) is 5.26. The molecule has 0 spiro atoms. The van der Waals surface area contributed by atoms with E-state index >= 15 is 0 Å². The number of unbranched alkanes of at least 4 members (excludes halogenated alkanes) is 2. The van der Waals surface area contributed by atoms with Crippen LogP contribution >= 0.6 is 24.0 Å². The van der Waals surface area contributed by atoms with Crippen LogP contribution < -0.4 is 0 Å². The first-order valence-electron chi connectivity index (χ1n) is 9.24. The Bertz CT molecular complexity index is 741. The number of aliphatic carboxylic acids is 1. The molecule has 0 atom stereocenters. The zero-order chi connectivity index (χ0) is 19.6. The number of amides is 1. The van der Waals surface area contributed by atoms with Crippen LogP contribution in [0.25, 0.3) is 6.08 Å². The maximum Gasteiger partial charge on any atom is 0.303 e. The summed E-state index contributed by atoms with van der Waals surface area (Å²) in [5.74, 6) is -0.982. The topological polar surface area (TPSA) is 57.6 Å². The molecule has 2 rings (SSSR count). The standard InChI is InChI=1S/C21H25NO3S2/c1-2-3-5-11-17(14-16-9-6-4-7-10-16)15-18-20(25)22(21(26)27-18)13-8-12-19(23)24/h4,6-7,9-10,14-15H,2-3,5,8,11-13H2,1H3,(H,23,24). The molecule has 0 aromatic heterocycles. The number of carboxylic acid groups (broad SMARTS) is 1. The van der Waals surface area contributed by atoms with E-state index < -0.39 is 5.97 Å². The Labute approximate surface area is 170 Å². The van der Waals surface area contributed by atoms with E-state index in [9.17, 15) is 9.59 Å². The normalized spacial score (nSPS) is 16.4. The first-order valence-corrected chi connectivity index (χ1v) is 10.5. The number of hydrogen-bond acceptors (Lipinski definition) is 4. The Morgan fingerprint density at radius 3 is 2.59 bits per heavy atom. The van der Waals surface area contributed by atoms with E-state index in [1.54, 1.807) is 0 Å². The molecule has 1 aromatic carbocycles. The fourth-order valence-corrected chi connectivity index (χ4v) is 4.10. The Balaban J connectivity index is 2.15. The van der Waals surface area contributed by atoms with E-state index in [1.165, 1.54) is 16.7 Å². The highest BCUT2D eigenvalue weighted by Gasteiger charge is 2.31. The van der Waals surface area contributed by atoms with Crippen molar-refractivity contribution in [3.63, 3.8) is 0 Å². The summed E-state index contributed by atoms with van der Waals surface area (Å²) < 4.78 is 0.504. The maximum atomic E-state index is 12.7. The highest BCUT2D eigenvalue weighted by atomic mass is 32.2. The minimum atomic E-state index is -0.861. The van der Waals surface area contributed by atoms with Gasteiger partial charge in [0.1, 0.15) is 4.32 Å². The van der Waals surface area contributed by atoms with Crippen LogP contribution in [0.5, 0.6) is 0 Å². The van der Waals surface area contributed by atoms with Gasteiger partial charge in [-0.25, -0.2) is 0 Å². The van der Waals surface area contributed by atoms with E-state index in [-0.39, 0.29) is 12.3 Å². The van der Waals surface area contributed by atoms with Gasteiger partial charge in [0, 0.05) is 13.0 Å². The average molecular weight is 404 g/mol. The van der Waals surface area contributed by atoms with Gasteiger partial charge < -0.3 is 5.11 Å². The summed E-state index contributed by atoms with van der Waals surface area (Å²) in [5, 5.41) is 8.77. The molecule has 0 saturated carbocycles. The third-order valence-electron chi connectivity index (χ3n) is 4.18. The molecule has 1 saturated heterocycles. The molecule has 0 radical (unpaired) electrons. The van der Waals surface area contributed by atoms with Crippen LogP contribution in [-0.4, -0.2) is 32.7 Å². The fraction of sp³-hybridized carbons (Fsp3) is 0.381. The van der Waals surface area contributed by atoms with Gasteiger partial charge in [-0.15, -0.1) is 0 Å². The molecule has 0 bridgehead atoms. The smallest absolute Gasteiger partial charge is 0.303 e. The maximum absolute atomic E-state index is 12.7. The van der Waals surface area contributed by atoms with Gasteiger partial charge in [-0.1, -0.05) is 80.2 Å². The van der Waals surface area contributed by atoms with Crippen LogP contribution in [-0.2, 0) is 9.59 Å². The van der Waals surface area contributed by atoms with Gasteiger partial charge in [0.25, 0.3) is 5.91 Å². The Kier molecular flexibility index (Phi) is 8.75. The first-order chi connectivity index (χ1) is 13.0. The molecule has 6 heteroatoms. The number of carboxylic acids is 1. The number of nitrogens with zero attached hydrogens (tertiary/aromatic N) is 1. The molecule has 0 aliphatic carbocycles. The van der Waals surface area contributed by atoms with Crippen molar-refractivity contribution >= 4 is 46.3 Å². The Morgan fingerprint density at radius 2 is 1.93 bits per heavy atom. The number of allylic oxidation sites excluding steroid dienone is 2. The number of carbonyl (C=O) groups is 2. The zero-order valence-corrected chi connectivity index (χ0v) is 17.2. The van der Waals surface area contributed by atoms with Crippen LogP contribution in [0.15, 0.2) is 46.9 Å². The third-order valence-corrected chi connectivity index (χ3v) is 5.56. The van der Waals surface area contributed by atoms with E-state index in [1.807, 2.05) is 36.4 Å². The predicted molar refractivity (Wildman–Crippen MR) is 115 cm³/mol. The van der Waals surface area contributed by atoms with Crippen molar-refractivity contribution in [3.05, 3.63) is 52.4 Å². The molecule has 1 aromatic rings. The summed E-state index contributed by atoms with van der Waals surface area (Å²) in [7, 11) is 0. The molecule has 1 aliphatic heterocycles. The zero-order valence-electron chi connectivity index (χ0n) is 15.5. The second-order valence-electron chi connectivity index (χ2n) is 6.42. The number of rotatable bonds is 10. The van der Waals surface area contributed by atoms with Gasteiger partial charge in [-0.3, -0.25) is 14.5 Å². The molecule has 144 valence electrons. The molecule has 1 aliphatic rings. The lowest BCUT2D eigenvalue weighted by atomic mass is 10.0. The highest BCUT2D eigenvalue weighted by Crippen LogP contribution is 2.33. The van der Waals surface area contributed by atoms with Crippen LogP contribution in [0.1, 0.15) is 51.0 Å². The first kappa shape index (κ1) is 21.4. The number of hydrogen-bond donors (Lipinski definition) is 1. The number of benzene rings is 1. The van der Waals surface area contributed by atoms with E-state index in [2.05, 4.69) is 13.0 Å². The summed E-state index contributed by atoms with van der Waals surface area (Å²) >= 11 is 6.62. The van der Waals surface area contributed by atoms with Crippen LogP contribution in [0, 0.1) is 0 Å². The van der Waals surface area contributed by atoms with Crippen molar-refractivity contribution in [2.75, 3.05) is 6.54 Å². The van der Waals surface area contributed by atoms with Crippen LogP contribution in [0.2, 0.25) is 0 Å². The monoisotopic (exact) mass is 403 g/mol. The van der Waals surface area contributed by atoms with Crippen molar-refractivity contribution < 1.29 is 14.7 Å². The highest BCUT2D eigenvalue weighted by molar-refractivity contribution is 8.26. The summed E-state index contributed by atoms with van der Waals surface area (Å²) in [5.41, 5.74) is 2.22. The molecule has 1 fully saturated rings. The van der Waals surface area contributed by atoms with Gasteiger partial charge in [0.15, 0.2) is 0 Å². The lowest BCUT2D eigenvalue weighted by Crippen LogP contribution is -2.29. The number of thiocarbonyl (C=S) groups is 1. The SMILES string of the molecule is CCCCCC(=Cc1ccccc1)C=C1SC(=S)N(CCCC(=O)O)C1=O. The molecule has 1 heterocycles. The Morgan fingerprint density at radius 1 is 1.19 bits per heavy atom. The van der Waals surface area contributed by atoms with Gasteiger partial charge in [-0.05, 0) is 36.5 Å². The summed E-state index contributed by atoms with van der Waals surface area (Å²) in [4.78, 5) is 25.5. The summed E-state index contributed by atoms with van der Waals surface area (Å²) in [6, 6.07) is 10.1. The van der Waals surface area contributed by atoms with Gasteiger partial charge in [0.05, 0.1) is 4.91 Å². The quantitative estimate of drug-likeness (QED) is 0.328. The fourth-order valence-electron chi connectivity index (χ4n) is 2.78. The second kappa shape index (κ2) is 11.0. The van der Waals surface area contributed by atoms with E-state index in [0.717, 1.165) is 36.8 Å². The summed E-state index contributed by atoms with van der Waals surface area (Å²) in [6.45, 7) is 2.52.